The molecule has 0 saturated heterocycles. The van der Waals surface area contributed by atoms with Crippen molar-refractivity contribution >= 4 is 39.4 Å². The SMILES string of the molecule is C[C@H](N[C@@H](Cc1ccc(-c2cccc(Cl)c2)cc1)C(=O)Nc1nn[nH]n1)C(=O)NS(C)(=O)=O. The van der Waals surface area contributed by atoms with E-state index in [1.807, 2.05) is 47.2 Å². The van der Waals surface area contributed by atoms with Gasteiger partial charge >= 0.3 is 0 Å². The second-order valence-electron chi connectivity index (χ2n) is 7.32. The van der Waals surface area contributed by atoms with Crippen molar-refractivity contribution < 1.29 is 18.0 Å². The van der Waals surface area contributed by atoms with E-state index < -0.39 is 33.9 Å². The molecule has 0 aliphatic carbocycles. The van der Waals surface area contributed by atoms with Crippen molar-refractivity contribution in [2.24, 2.45) is 0 Å². The molecule has 13 heteroatoms. The molecule has 0 aliphatic heterocycles. The smallest absolute Gasteiger partial charge is 0.269 e. The zero-order valence-electron chi connectivity index (χ0n) is 17.7. The minimum Gasteiger partial charge on any atom is -0.295 e. The Morgan fingerprint density at radius 2 is 1.82 bits per heavy atom. The van der Waals surface area contributed by atoms with Gasteiger partial charge in [0.15, 0.2) is 0 Å². The molecule has 2 aromatic carbocycles. The fourth-order valence-corrected chi connectivity index (χ4v) is 3.76. The van der Waals surface area contributed by atoms with Crippen molar-refractivity contribution in [3.63, 3.8) is 0 Å². The Balaban J connectivity index is 1.76. The molecule has 2 atom stereocenters. The van der Waals surface area contributed by atoms with Crippen LogP contribution < -0.4 is 15.4 Å². The van der Waals surface area contributed by atoms with Gasteiger partial charge in [-0.25, -0.2) is 8.42 Å². The number of H-pyrrole nitrogens is 1. The number of hydrogen-bond acceptors (Lipinski definition) is 8. The highest BCUT2D eigenvalue weighted by Crippen LogP contribution is 2.23. The highest BCUT2D eigenvalue weighted by atomic mass is 35.5. The fraction of sp³-hybridized carbons (Fsp3) is 0.250. The van der Waals surface area contributed by atoms with Gasteiger partial charge in [0.2, 0.25) is 21.8 Å². The number of amides is 2. The standard InChI is InChI=1S/C20H22ClN7O4S/c1-12(18(29)26-33(2,31)32)22-17(19(30)23-20-24-27-28-25-20)10-13-6-8-14(9-7-13)15-4-3-5-16(21)11-15/h3-9,11-12,17,22H,10H2,1-2H3,(H,26,29)(H2,23,24,25,27,28,30)/t12-,17-/m0/s1. The van der Waals surface area contributed by atoms with Crippen LogP contribution in [0.1, 0.15) is 12.5 Å². The lowest BCUT2D eigenvalue weighted by Gasteiger charge is -2.22. The summed E-state index contributed by atoms with van der Waals surface area (Å²) in [5.41, 5.74) is 2.70. The number of hydrogen-bond donors (Lipinski definition) is 4. The van der Waals surface area contributed by atoms with Crippen LogP contribution in [0.3, 0.4) is 0 Å². The number of aromatic nitrogens is 4. The van der Waals surface area contributed by atoms with Crippen molar-refractivity contribution in [3.05, 3.63) is 59.1 Å². The van der Waals surface area contributed by atoms with Crippen LogP contribution in [0, 0.1) is 0 Å². The Kier molecular flexibility index (Phi) is 7.74. The van der Waals surface area contributed by atoms with Crippen molar-refractivity contribution in [3.8, 4) is 11.1 Å². The molecule has 0 unspecified atom stereocenters. The molecule has 1 heterocycles. The molecule has 0 aliphatic rings. The molecular formula is C20H22ClN7O4S. The maximum Gasteiger partial charge on any atom is 0.269 e. The van der Waals surface area contributed by atoms with Crippen LogP contribution in [0.2, 0.25) is 5.02 Å². The predicted octanol–water partition coefficient (Wildman–Crippen LogP) is 1.12. The first kappa shape index (κ1) is 24.3. The van der Waals surface area contributed by atoms with Crippen LogP contribution in [0.25, 0.3) is 11.1 Å². The van der Waals surface area contributed by atoms with Gasteiger partial charge in [0.1, 0.15) is 0 Å². The van der Waals surface area contributed by atoms with Crippen LogP contribution in [0.5, 0.6) is 0 Å². The van der Waals surface area contributed by atoms with Gasteiger partial charge in [-0.05, 0) is 47.4 Å². The lowest BCUT2D eigenvalue weighted by Crippen LogP contribution is -2.52. The second kappa shape index (κ2) is 10.5. The molecule has 0 spiro atoms. The monoisotopic (exact) mass is 491 g/mol. The van der Waals surface area contributed by atoms with Crippen LogP contribution in [-0.2, 0) is 26.0 Å². The first-order valence-corrected chi connectivity index (χ1v) is 12.0. The van der Waals surface area contributed by atoms with E-state index in [1.54, 1.807) is 6.07 Å². The van der Waals surface area contributed by atoms with E-state index in [4.69, 9.17) is 11.6 Å². The average molecular weight is 492 g/mol. The van der Waals surface area contributed by atoms with Crippen LogP contribution in [0.4, 0.5) is 5.95 Å². The van der Waals surface area contributed by atoms with E-state index in [2.05, 4.69) is 31.3 Å². The summed E-state index contributed by atoms with van der Waals surface area (Å²) in [5.74, 6) is -1.34. The van der Waals surface area contributed by atoms with Gasteiger partial charge in [0, 0.05) is 5.02 Å². The number of halogens is 1. The average Bonchev–Trinajstić information content (AvgIpc) is 3.25. The van der Waals surface area contributed by atoms with Crippen LogP contribution >= 0.6 is 11.6 Å². The van der Waals surface area contributed by atoms with Crippen LogP contribution in [-0.4, -0.2) is 59.2 Å². The summed E-state index contributed by atoms with van der Waals surface area (Å²) >= 11 is 6.06. The summed E-state index contributed by atoms with van der Waals surface area (Å²) in [5, 5.41) is 19.0. The molecule has 2 amide bonds. The Bertz CT molecular complexity index is 1220. The van der Waals surface area contributed by atoms with Gasteiger partial charge in [-0.1, -0.05) is 53.1 Å². The lowest BCUT2D eigenvalue weighted by atomic mass is 10.00. The summed E-state index contributed by atoms with van der Waals surface area (Å²) in [7, 11) is -3.74. The number of tetrazole rings is 1. The number of sulfonamides is 1. The molecule has 0 fully saturated rings. The summed E-state index contributed by atoms with van der Waals surface area (Å²) < 4.78 is 24.6. The third-order valence-electron chi connectivity index (χ3n) is 4.58. The Morgan fingerprint density at radius 1 is 1.09 bits per heavy atom. The topological polar surface area (TPSA) is 159 Å². The van der Waals surface area contributed by atoms with Crippen molar-refractivity contribution in [2.45, 2.75) is 25.4 Å². The number of benzene rings is 2. The number of nitrogens with one attached hydrogen (secondary N) is 4. The maximum atomic E-state index is 12.8. The van der Waals surface area contributed by atoms with Gasteiger partial charge in [0.25, 0.3) is 5.95 Å². The van der Waals surface area contributed by atoms with Crippen molar-refractivity contribution in [2.75, 3.05) is 11.6 Å². The van der Waals surface area contributed by atoms with E-state index >= 15 is 0 Å². The number of rotatable bonds is 9. The quantitative estimate of drug-likeness (QED) is 0.346. The second-order valence-corrected chi connectivity index (χ2v) is 9.50. The van der Waals surface area contributed by atoms with Gasteiger partial charge in [0.05, 0.1) is 18.3 Å². The van der Waals surface area contributed by atoms with E-state index in [-0.39, 0.29) is 12.4 Å². The lowest BCUT2D eigenvalue weighted by molar-refractivity contribution is -0.122. The largest absolute Gasteiger partial charge is 0.295 e. The minimum atomic E-state index is -3.74. The number of carbonyl (C=O) groups excluding carboxylic acids is 2. The third-order valence-corrected chi connectivity index (χ3v) is 5.39. The van der Waals surface area contributed by atoms with E-state index in [1.165, 1.54) is 6.92 Å². The van der Waals surface area contributed by atoms with Gasteiger partial charge in [-0.2, -0.15) is 5.21 Å². The molecular weight excluding hydrogens is 470 g/mol. The predicted molar refractivity (Wildman–Crippen MR) is 123 cm³/mol. The summed E-state index contributed by atoms with van der Waals surface area (Å²) in [4.78, 5) is 25.0. The molecule has 3 aromatic rings. The highest BCUT2D eigenvalue weighted by molar-refractivity contribution is 7.89. The van der Waals surface area contributed by atoms with Gasteiger partial charge < -0.3 is 0 Å². The maximum absolute atomic E-state index is 12.8. The van der Waals surface area contributed by atoms with Crippen LogP contribution in [0.15, 0.2) is 48.5 Å². The molecule has 174 valence electrons. The molecule has 4 N–H and O–H groups in total. The molecule has 3 rings (SSSR count). The highest BCUT2D eigenvalue weighted by Gasteiger charge is 2.26. The van der Waals surface area contributed by atoms with E-state index in [0.717, 1.165) is 22.9 Å². The fourth-order valence-electron chi connectivity index (χ4n) is 3.02. The zero-order chi connectivity index (χ0) is 24.0. The molecule has 0 radical (unpaired) electrons. The number of nitrogens with zero attached hydrogens (tertiary/aromatic N) is 3. The van der Waals surface area contributed by atoms with E-state index in [9.17, 15) is 18.0 Å². The van der Waals surface area contributed by atoms with Crippen molar-refractivity contribution in [1.82, 2.24) is 30.7 Å². The van der Waals surface area contributed by atoms with Gasteiger partial charge in [-0.15, -0.1) is 5.10 Å². The third kappa shape index (κ3) is 7.34. The molecule has 11 nitrogen and oxygen atoms in total. The molecule has 1 aromatic heterocycles. The Labute approximate surface area is 195 Å². The van der Waals surface area contributed by atoms with E-state index in [0.29, 0.717) is 5.02 Å². The van der Waals surface area contributed by atoms with Gasteiger partial charge in [-0.3, -0.25) is 24.9 Å². The molecule has 0 bridgehead atoms. The Morgan fingerprint density at radius 3 is 2.42 bits per heavy atom. The number of carbonyl (C=O) groups is 2. The first-order valence-electron chi connectivity index (χ1n) is 9.77. The number of anilines is 1. The first-order chi connectivity index (χ1) is 15.6. The summed E-state index contributed by atoms with van der Waals surface area (Å²) in [6, 6.07) is 13.1. The molecule has 33 heavy (non-hydrogen) atoms. The zero-order valence-corrected chi connectivity index (χ0v) is 19.3. The Hall–Kier alpha value is -3.35. The summed E-state index contributed by atoms with van der Waals surface area (Å²) in [6.45, 7) is 1.46. The molecule has 0 saturated carbocycles. The number of aromatic amines is 1. The van der Waals surface area contributed by atoms with Crippen molar-refractivity contribution in [1.29, 1.82) is 0 Å². The normalized spacial score (nSPS) is 13.2. The summed E-state index contributed by atoms with van der Waals surface area (Å²) in [6.07, 6.45) is 1.08. The minimum absolute atomic E-state index is 0.0312.